The largest absolute Gasteiger partial charge is 0.366 e. The number of allylic oxidation sites excluding steroid dienone is 2. The van der Waals surface area contributed by atoms with E-state index in [2.05, 4.69) is 15.9 Å². The number of ether oxygens (including phenoxy) is 2. The topological polar surface area (TPSA) is 61.6 Å². The van der Waals surface area contributed by atoms with Gasteiger partial charge in [-0.2, -0.15) is 0 Å². The number of halogens is 1. The van der Waals surface area contributed by atoms with Gasteiger partial charge in [-0.05, 0) is 22.0 Å². The molecule has 0 N–H and O–H groups in total. The summed E-state index contributed by atoms with van der Waals surface area (Å²) in [5.74, 6) is 0. The van der Waals surface area contributed by atoms with E-state index in [1.54, 1.807) is 12.2 Å². The first-order valence-electron chi connectivity index (χ1n) is 3.86. The Bertz CT molecular complexity index is 302. The van der Waals surface area contributed by atoms with Gasteiger partial charge in [-0.15, -0.1) is 0 Å². The summed E-state index contributed by atoms with van der Waals surface area (Å²) < 4.78 is 9.20. The zero-order valence-corrected chi connectivity index (χ0v) is 9.35. The number of hydrogen-bond acceptors (Lipinski definition) is 4. The van der Waals surface area contributed by atoms with Crippen LogP contribution >= 0.6 is 15.9 Å². The van der Waals surface area contributed by atoms with Crippen LogP contribution in [0.1, 0.15) is 0 Å². The molecule has 0 radical (unpaired) electrons. The first kappa shape index (κ1) is 11.4. The third-order valence-corrected chi connectivity index (χ3v) is 2.98. The van der Waals surface area contributed by atoms with Gasteiger partial charge in [-0.25, -0.2) is 0 Å². The van der Waals surface area contributed by atoms with E-state index in [4.69, 9.17) is 9.47 Å². The van der Waals surface area contributed by atoms with Gasteiger partial charge >= 0.3 is 0 Å². The summed E-state index contributed by atoms with van der Waals surface area (Å²) in [6.07, 6.45) is 3.86. The number of rotatable bonds is 3. The third kappa shape index (κ3) is 1.87. The van der Waals surface area contributed by atoms with E-state index in [1.165, 1.54) is 20.3 Å². The minimum atomic E-state index is -0.959. The average molecular weight is 264 g/mol. The summed E-state index contributed by atoms with van der Waals surface area (Å²) in [4.78, 5) is 10.2. The van der Waals surface area contributed by atoms with Gasteiger partial charge in [0.2, 0.25) is 0 Å². The Balaban J connectivity index is 3.05. The summed E-state index contributed by atoms with van der Waals surface area (Å²) in [7, 11) is 2.85. The van der Waals surface area contributed by atoms with Crippen LogP contribution in [0.5, 0.6) is 0 Å². The van der Waals surface area contributed by atoms with Gasteiger partial charge < -0.3 is 9.47 Å². The molecule has 0 heterocycles. The van der Waals surface area contributed by atoms with Crippen LogP contribution in [0.3, 0.4) is 0 Å². The first-order chi connectivity index (χ1) is 6.55. The lowest BCUT2D eigenvalue weighted by molar-refractivity contribution is -0.439. The van der Waals surface area contributed by atoms with Gasteiger partial charge in [0.05, 0.1) is 4.92 Å². The monoisotopic (exact) mass is 263 g/mol. The SMILES string of the molecule is COC1C([N+](=O)[O-])=CC=CC1(Br)OC. The van der Waals surface area contributed by atoms with E-state index in [1.807, 2.05) is 0 Å². The van der Waals surface area contributed by atoms with Crippen molar-refractivity contribution in [1.29, 1.82) is 0 Å². The molecular weight excluding hydrogens is 254 g/mol. The van der Waals surface area contributed by atoms with Crippen molar-refractivity contribution in [2.75, 3.05) is 14.2 Å². The van der Waals surface area contributed by atoms with Crippen LogP contribution in [-0.2, 0) is 9.47 Å². The number of nitrogens with zero attached hydrogens (tertiary/aromatic N) is 1. The molecule has 0 aromatic heterocycles. The Hall–Kier alpha value is -0.720. The standard InChI is InChI=1S/C8H10BrNO4/c1-13-7-6(10(11)12)4-3-5-8(7,9)14-2/h3-5,7H,1-2H3. The fourth-order valence-electron chi connectivity index (χ4n) is 1.27. The van der Waals surface area contributed by atoms with E-state index >= 15 is 0 Å². The second kappa shape index (κ2) is 4.20. The maximum atomic E-state index is 10.7. The fraction of sp³-hybridized carbons (Fsp3) is 0.500. The van der Waals surface area contributed by atoms with E-state index in [0.717, 1.165) is 0 Å². The van der Waals surface area contributed by atoms with Gasteiger partial charge in [0.25, 0.3) is 5.70 Å². The van der Waals surface area contributed by atoms with Crippen molar-refractivity contribution in [3.63, 3.8) is 0 Å². The van der Waals surface area contributed by atoms with Crippen LogP contribution in [0.25, 0.3) is 0 Å². The molecule has 0 amide bonds. The smallest absolute Gasteiger partial charge is 0.279 e. The summed E-state index contributed by atoms with van der Waals surface area (Å²) in [5, 5.41) is 10.7. The van der Waals surface area contributed by atoms with Crippen LogP contribution in [0.15, 0.2) is 23.9 Å². The number of alkyl halides is 1. The summed E-state index contributed by atoms with van der Waals surface area (Å²) in [6, 6.07) is 0. The van der Waals surface area contributed by atoms with E-state index in [0.29, 0.717) is 0 Å². The highest BCUT2D eigenvalue weighted by molar-refractivity contribution is 9.10. The Morgan fingerprint density at radius 2 is 2.29 bits per heavy atom. The zero-order chi connectivity index (χ0) is 10.8. The molecule has 0 spiro atoms. The fourth-order valence-corrected chi connectivity index (χ4v) is 1.84. The highest BCUT2D eigenvalue weighted by Crippen LogP contribution is 2.34. The lowest BCUT2D eigenvalue weighted by Gasteiger charge is -2.30. The lowest BCUT2D eigenvalue weighted by atomic mass is 10.0. The van der Waals surface area contributed by atoms with Crippen LogP contribution in [0.4, 0.5) is 0 Å². The summed E-state index contributed by atoms with van der Waals surface area (Å²) in [6.45, 7) is 0. The Kier molecular flexibility index (Phi) is 3.41. The van der Waals surface area contributed by atoms with Crippen molar-refractivity contribution >= 4 is 15.9 Å². The average Bonchev–Trinajstić information content (AvgIpc) is 2.17. The molecule has 14 heavy (non-hydrogen) atoms. The van der Waals surface area contributed by atoms with Crippen molar-refractivity contribution < 1.29 is 14.4 Å². The molecule has 1 aliphatic rings. The van der Waals surface area contributed by atoms with Crippen molar-refractivity contribution in [3.8, 4) is 0 Å². The van der Waals surface area contributed by atoms with E-state index < -0.39 is 15.5 Å². The first-order valence-corrected chi connectivity index (χ1v) is 4.65. The van der Waals surface area contributed by atoms with Crippen molar-refractivity contribution in [2.45, 2.75) is 10.6 Å². The summed E-state index contributed by atoms with van der Waals surface area (Å²) >= 11 is 3.25. The van der Waals surface area contributed by atoms with Crippen LogP contribution in [0, 0.1) is 10.1 Å². The molecule has 0 aromatic rings. The van der Waals surface area contributed by atoms with Crippen LogP contribution in [-0.4, -0.2) is 29.8 Å². The summed E-state index contributed by atoms with van der Waals surface area (Å²) in [5.41, 5.74) is -0.0336. The van der Waals surface area contributed by atoms with E-state index in [9.17, 15) is 10.1 Å². The Labute approximate surface area is 89.7 Å². The molecule has 1 rings (SSSR count). The highest BCUT2D eigenvalue weighted by Gasteiger charge is 2.44. The molecule has 0 aliphatic heterocycles. The lowest BCUT2D eigenvalue weighted by Crippen LogP contribution is -2.42. The minimum Gasteiger partial charge on any atom is -0.366 e. The molecule has 0 saturated carbocycles. The van der Waals surface area contributed by atoms with Gasteiger partial charge in [0.1, 0.15) is 0 Å². The second-order valence-corrected chi connectivity index (χ2v) is 3.96. The predicted molar refractivity (Wildman–Crippen MR) is 53.7 cm³/mol. The molecule has 0 bridgehead atoms. The second-order valence-electron chi connectivity index (χ2n) is 2.73. The number of nitro groups is 1. The molecule has 6 heteroatoms. The van der Waals surface area contributed by atoms with Crippen LogP contribution in [0.2, 0.25) is 0 Å². The molecule has 0 saturated heterocycles. The quantitative estimate of drug-likeness (QED) is 0.440. The molecule has 2 unspecified atom stereocenters. The highest BCUT2D eigenvalue weighted by atomic mass is 79.9. The minimum absolute atomic E-state index is 0.0336. The number of hydrogen-bond donors (Lipinski definition) is 0. The molecular formula is C8H10BrNO4. The number of methoxy groups -OCH3 is 2. The van der Waals surface area contributed by atoms with Gasteiger partial charge in [-0.3, -0.25) is 10.1 Å². The molecule has 78 valence electrons. The maximum absolute atomic E-state index is 10.7. The zero-order valence-electron chi connectivity index (χ0n) is 7.77. The third-order valence-electron chi connectivity index (χ3n) is 1.98. The van der Waals surface area contributed by atoms with Crippen LogP contribution < -0.4 is 0 Å². The van der Waals surface area contributed by atoms with Gasteiger partial charge in [-0.1, -0.05) is 6.08 Å². The molecule has 0 aromatic carbocycles. The molecule has 0 fully saturated rings. The molecule has 5 nitrogen and oxygen atoms in total. The Morgan fingerprint density at radius 3 is 2.71 bits per heavy atom. The van der Waals surface area contributed by atoms with Crippen molar-refractivity contribution in [1.82, 2.24) is 0 Å². The normalized spacial score (nSPS) is 31.4. The predicted octanol–water partition coefficient (Wildman–Crippen LogP) is 1.47. The van der Waals surface area contributed by atoms with E-state index in [-0.39, 0.29) is 5.70 Å². The van der Waals surface area contributed by atoms with Crippen molar-refractivity contribution in [2.24, 2.45) is 0 Å². The molecule has 2 atom stereocenters. The van der Waals surface area contributed by atoms with Gasteiger partial charge in [0, 0.05) is 20.3 Å². The molecule has 1 aliphatic carbocycles. The maximum Gasteiger partial charge on any atom is 0.279 e. The van der Waals surface area contributed by atoms with Gasteiger partial charge in [0.15, 0.2) is 10.6 Å². The van der Waals surface area contributed by atoms with Crippen molar-refractivity contribution in [3.05, 3.63) is 34.0 Å². The Morgan fingerprint density at radius 1 is 1.64 bits per heavy atom.